The van der Waals surface area contributed by atoms with E-state index in [0.29, 0.717) is 5.56 Å². The van der Waals surface area contributed by atoms with E-state index in [4.69, 9.17) is 4.74 Å². The Bertz CT molecular complexity index is 846. The van der Waals surface area contributed by atoms with Gasteiger partial charge in [0.1, 0.15) is 0 Å². The smallest absolute Gasteiger partial charge is 0.338 e. The summed E-state index contributed by atoms with van der Waals surface area (Å²) in [6, 6.07) is 17.4. The van der Waals surface area contributed by atoms with Crippen LogP contribution in [-0.4, -0.2) is 18.4 Å². The van der Waals surface area contributed by atoms with Crippen molar-refractivity contribution in [3.05, 3.63) is 60.2 Å². The molecule has 3 nitrogen and oxygen atoms in total. The fourth-order valence-corrected chi connectivity index (χ4v) is 6.25. The number of rotatable bonds is 5. The molecule has 4 bridgehead atoms. The standard InChI is InChI=1S/C25H26O3/c26-23(25-13-17-10-18(14-25)12-19(11-17)15-25)16-28-24(27)22-8-6-21(7-9-22)20-4-2-1-3-5-20/h1-9,17-19H,10-16H2. The zero-order chi connectivity index (χ0) is 19.1. The molecule has 4 aliphatic carbocycles. The van der Waals surface area contributed by atoms with E-state index in [9.17, 15) is 9.59 Å². The van der Waals surface area contributed by atoms with Gasteiger partial charge in [-0.05, 0) is 79.5 Å². The number of ether oxygens (including phenoxy) is 1. The quantitative estimate of drug-likeness (QED) is 0.667. The summed E-state index contributed by atoms with van der Waals surface area (Å²) in [4.78, 5) is 25.4. The molecule has 0 saturated heterocycles. The van der Waals surface area contributed by atoms with Crippen molar-refractivity contribution in [1.29, 1.82) is 0 Å². The number of hydrogen-bond donors (Lipinski definition) is 0. The molecule has 28 heavy (non-hydrogen) atoms. The van der Waals surface area contributed by atoms with Crippen molar-refractivity contribution in [3.8, 4) is 11.1 Å². The first-order valence-corrected chi connectivity index (χ1v) is 10.5. The molecule has 144 valence electrons. The number of hydrogen-bond acceptors (Lipinski definition) is 3. The van der Waals surface area contributed by atoms with Crippen LogP contribution in [0.5, 0.6) is 0 Å². The molecule has 0 aliphatic heterocycles. The van der Waals surface area contributed by atoms with Gasteiger partial charge in [0.05, 0.1) is 5.56 Å². The van der Waals surface area contributed by atoms with E-state index in [2.05, 4.69) is 0 Å². The zero-order valence-electron chi connectivity index (χ0n) is 16.1. The van der Waals surface area contributed by atoms with Crippen LogP contribution in [0.4, 0.5) is 0 Å². The molecule has 0 aromatic heterocycles. The number of carbonyl (C=O) groups is 2. The molecule has 0 radical (unpaired) electrons. The molecule has 0 amide bonds. The summed E-state index contributed by atoms with van der Waals surface area (Å²) in [5.41, 5.74) is 2.46. The predicted octanol–water partition coefficient (Wildman–Crippen LogP) is 5.30. The Morgan fingerprint density at radius 2 is 1.32 bits per heavy atom. The van der Waals surface area contributed by atoms with Crippen molar-refractivity contribution in [2.24, 2.45) is 23.2 Å². The van der Waals surface area contributed by atoms with E-state index in [-0.39, 0.29) is 17.8 Å². The Morgan fingerprint density at radius 1 is 0.786 bits per heavy atom. The van der Waals surface area contributed by atoms with Crippen LogP contribution >= 0.6 is 0 Å². The fourth-order valence-electron chi connectivity index (χ4n) is 6.25. The molecule has 4 aliphatic rings. The van der Waals surface area contributed by atoms with Crippen LogP contribution in [0.2, 0.25) is 0 Å². The van der Waals surface area contributed by atoms with E-state index in [1.54, 1.807) is 12.1 Å². The molecule has 2 aromatic carbocycles. The van der Waals surface area contributed by atoms with Gasteiger partial charge in [0, 0.05) is 5.41 Å². The fraction of sp³-hybridized carbons (Fsp3) is 0.440. The molecular formula is C25H26O3. The highest BCUT2D eigenvalue weighted by Crippen LogP contribution is 2.60. The lowest BCUT2D eigenvalue weighted by Gasteiger charge is -2.55. The minimum atomic E-state index is -0.405. The Balaban J connectivity index is 1.22. The lowest BCUT2D eigenvalue weighted by molar-refractivity contribution is -0.147. The second-order valence-electron chi connectivity index (χ2n) is 9.14. The average Bonchev–Trinajstić information content (AvgIpc) is 2.71. The molecule has 4 fully saturated rings. The van der Waals surface area contributed by atoms with Crippen LogP contribution in [0.25, 0.3) is 11.1 Å². The highest BCUT2D eigenvalue weighted by molar-refractivity contribution is 5.93. The van der Waals surface area contributed by atoms with Gasteiger partial charge in [0.2, 0.25) is 0 Å². The van der Waals surface area contributed by atoms with Crippen molar-refractivity contribution in [1.82, 2.24) is 0 Å². The second-order valence-corrected chi connectivity index (χ2v) is 9.14. The largest absolute Gasteiger partial charge is 0.454 e. The van der Waals surface area contributed by atoms with Gasteiger partial charge < -0.3 is 4.74 Å². The molecule has 6 rings (SSSR count). The molecule has 4 saturated carbocycles. The molecule has 0 N–H and O–H groups in total. The van der Waals surface area contributed by atoms with Crippen molar-refractivity contribution in [3.63, 3.8) is 0 Å². The maximum absolute atomic E-state index is 13.0. The third-order valence-corrected chi connectivity index (χ3v) is 7.19. The third kappa shape index (κ3) is 3.17. The number of Topliss-reactive ketones (excluding diaryl/α,β-unsaturated/α-hetero) is 1. The first-order valence-electron chi connectivity index (χ1n) is 10.5. The van der Waals surface area contributed by atoms with Gasteiger partial charge in [-0.3, -0.25) is 4.79 Å². The Morgan fingerprint density at radius 3 is 1.89 bits per heavy atom. The van der Waals surface area contributed by atoms with Crippen LogP contribution in [0.15, 0.2) is 54.6 Å². The highest BCUT2D eigenvalue weighted by atomic mass is 16.5. The van der Waals surface area contributed by atoms with Crippen molar-refractivity contribution in [2.45, 2.75) is 38.5 Å². The summed E-state index contributed by atoms with van der Waals surface area (Å²) < 4.78 is 5.44. The lowest BCUT2D eigenvalue weighted by atomic mass is 9.48. The summed E-state index contributed by atoms with van der Waals surface area (Å²) in [5, 5.41) is 0. The van der Waals surface area contributed by atoms with Gasteiger partial charge in [-0.15, -0.1) is 0 Å². The van der Waals surface area contributed by atoms with E-state index in [0.717, 1.165) is 48.1 Å². The van der Waals surface area contributed by atoms with Gasteiger partial charge in [-0.2, -0.15) is 0 Å². The van der Waals surface area contributed by atoms with Crippen LogP contribution in [0, 0.1) is 23.2 Å². The van der Waals surface area contributed by atoms with Crippen molar-refractivity contribution in [2.75, 3.05) is 6.61 Å². The van der Waals surface area contributed by atoms with E-state index in [1.807, 2.05) is 42.5 Å². The Labute approximate surface area is 166 Å². The minimum Gasteiger partial charge on any atom is -0.454 e. The Kier molecular flexibility index (Phi) is 4.34. The molecule has 0 unspecified atom stereocenters. The summed E-state index contributed by atoms with van der Waals surface area (Å²) in [5.74, 6) is 1.91. The molecule has 3 heteroatoms. The Hall–Kier alpha value is -2.42. The maximum Gasteiger partial charge on any atom is 0.338 e. The van der Waals surface area contributed by atoms with Gasteiger partial charge in [0.15, 0.2) is 12.4 Å². The lowest BCUT2D eigenvalue weighted by Crippen LogP contribution is -2.51. The summed E-state index contributed by atoms with van der Waals surface area (Å²) in [6.45, 7) is -0.0779. The number of ketones is 1. The maximum atomic E-state index is 13.0. The number of carbonyl (C=O) groups excluding carboxylic acids is 2. The first kappa shape index (κ1) is 17.7. The summed E-state index contributed by atoms with van der Waals surface area (Å²) in [7, 11) is 0. The highest BCUT2D eigenvalue weighted by Gasteiger charge is 2.54. The van der Waals surface area contributed by atoms with E-state index >= 15 is 0 Å². The topological polar surface area (TPSA) is 43.4 Å². The van der Waals surface area contributed by atoms with E-state index < -0.39 is 5.97 Å². The summed E-state index contributed by atoms with van der Waals surface area (Å²) >= 11 is 0. The zero-order valence-corrected chi connectivity index (χ0v) is 16.1. The molecular weight excluding hydrogens is 348 g/mol. The molecule has 2 aromatic rings. The van der Waals surface area contributed by atoms with Gasteiger partial charge in [0.25, 0.3) is 0 Å². The number of esters is 1. The van der Waals surface area contributed by atoms with Crippen molar-refractivity contribution < 1.29 is 14.3 Å². The van der Waals surface area contributed by atoms with Crippen LogP contribution in [0.1, 0.15) is 48.9 Å². The normalized spacial score (nSPS) is 30.2. The van der Waals surface area contributed by atoms with Crippen LogP contribution in [0.3, 0.4) is 0 Å². The predicted molar refractivity (Wildman–Crippen MR) is 108 cm³/mol. The molecule has 0 heterocycles. The van der Waals surface area contributed by atoms with Gasteiger partial charge >= 0.3 is 5.97 Å². The van der Waals surface area contributed by atoms with Crippen molar-refractivity contribution >= 4 is 11.8 Å². The monoisotopic (exact) mass is 374 g/mol. The van der Waals surface area contributed by atoms with Gasteiger partial charge in [-0.25, -0.2) is 4.79 Å². The molecule has 0 atom stereocenters. The van der Waals surface area contributed by atoms with E-state index in [1.165, 1.54) is 19.3 Å². The third-order valence-electron chi connectivity index (χ3n) is 7.19. The second kappa shape index (κ2) is 6.88. The van der Waals surface area contributed by atoms with Crippen LogP contribution < -0.4 is 0 Å². The first-order chi connectivity index (χ1) is 13.6. The summed E-state index contributed by atoms with van der Waals surface area (Å²) in [6.07, 6.45) is 6.96. The van der Waals surface area contributed by atoms with Gasteiger partial charge in [-0.1, -0.05) is 42.5 Å². The van der Waals surface area contributed by atoms with Crippen LogP contribution in [-0.2, 0) is 9.53 Å². The SMILES string of the molecule is O=C(OCC(=O)C12CC3CC(CC(C3)C1)C2)c1ccc(-c2ccccc2)cc1. The molecule has 0 spiro atoms. The minimum absolute atomic E-state index is 0.0779. The number of benzene rings is 2. The average molecular weight is 374 g/mol.